The Morgan fingerprint density at radius 3 is 2.78 bits per heavy atom. The minimum absolute atomic E-state index is 0.0469. The summed E-state index contributed by atoms with van der Waals surface area (Å²) in [4.78, 5) is 15.4. The van der Waals surface area contributed by atoms with Gasteiger partial charge in [-0.15, -0.1) is 0 Å². The highest BCUT2D eigenvalue weighted by atomic mass is 19.1. The lowest BCUT2D eigenvalue weighted by atomic mass is 9.92. The molecular weight excluding hydrogens is 301 g/mol. The number of rotatable bonds is 3. The molecule has 1 saturated heterocycles. The molecule has 0 bridgehead atoms. The van der Waals surface area contributed by atoms with E-state index in [-0.39, 0.29) is 11.7 Å². The molecule has 1 aliphatic heterocycles. The number of aliphatic hydroxyl groups excluding tert-OH is 1. The quantitative estimate of drug-likeness (QED) is 0.882. The molecule has 5 atom stereocenters. The summed E-state index contributed by atoms with van der Waals surface area (Å²) in [6, 6.07) is 11.4. The first kappa shape index (κ1) is 15.6. The Morgan fingerprint density at radius 1 is 1.43 bits per heavy atom. The van der Waals surface area contributed by atoms with Crippen LogP contribution in [0.15, 0.2) is 41.3 Å². The normalized spacial score (nSPS) is 28.7. The largest absolute Gasteiger partial charge is 0.387 e. The minimum atomic E-state index is -1.74. The molecule has 0 unspecified atom stereocenters. The molecule has 1 aromatic heterocycles. The zero-order chi connectivity index (χ0) is 16.6. The molecule has 0 aliphatic carbocycles. The van der Waals surface area contributed by atoms with Gasteiger partial charge in [0.1, 0.15) is 11.9 Å². The number of aliphatic hydroxyl groups is 1. The van der Waals surface area contributed by atoms with Crippen LogP contribution in [0.5, 0.6) is 0 Å². The second-order valence-electron chi connectivity index (χ2n) is 5.59. The summed E-state index contributed by atoms with van der Waals surface area (Å²) in [7, 11) is 0. The first-order valence-electron chi connectivity index (χ1n) is 7.27. The number of aromatic nitrogens is 2. The number of nitrogen functional groups attached to an aromatic ring is 1. The fraction of sp³-hybridized carbons (Fsp3) is 0.375. The smallest absolute Gasteiger partial charge is 0.351 e. The van der Waals surface area contributed by atoms with Crippen molar-refractivity contribution >= 4 is 5.82 Å². The van der Waals surface area contributed by atoms with Gasteiger partial charge in [-0.3, -0.25) is 4.57 Å². The second-order valence-corrected chi connectivity index (χ2v) is 5.59. The molecule has 23 heavy (non-hydrogen) atoms. The Morgan fingerprint density at radius 2 is 2.13 bits per heavy atom. The van der Waals surface area contributed by atoms with Crippen LogP contribution in [0.25, 0.3) is 0 Å². The van der Waals surface area contributed by atoms with Crippen molar-refractivity contribution in [3.05, 3.63) is 58.6 Å². The van der Waals surface area contributed by atoms with Gasteiger partial charge in [0.25, 0.3) is 0 Å². The van der Waals surface area contributed by atoms with E-state index in [1.165, 1.54) is 12.3 Å². The number of nitrogens with zero attached hydrogens (tertiary/aromatic N) is 2. The number of nitrogens with two attached hydrogens (primary N) is 1. The lowest BCUT2D eigenvalue weighted by molar-refractivity contribution is -0.0363. The molecule has 1 radical (unpaired) electrons. The van der Waals surface area contributed by atoms with E-state index in [9.17, 15) is 14.3 Å². The van der Waals surface area contributed by atoms with Crippen molar-refractivity contribution in [3.8, 4) is 0 Å². The van der Waals surface area contributed by atoms with Gasteiger partial charge in [0.15, 0.2) is 12.4 Å². The van der Waals surface area contributed by atoms with Crippen molar-refractivity contribution in [2.75, 3.05) is 5.73 Å². The van der Waals surface area contributed by atoms with E-state index >= 15 is 0 Å². The van der Waals surface area contributed by atoms with Gasteiger partial charge in [-0.25, -0.2) is 9.18 Å². The molecule has 6 nitrogen and oxygen atoms in total. The first-order valence-corrected chi connectivity index (χ1v) is 7.27. The molecule has 3 rings (SSSR count). The molecular formula is C16H17FN3O3. The van der Waals surface area contributed by atoms with Crippen molar-refractivity contribution < 1.29 is 14.2 Å². The summed E-state index contributed by atoms with van der Waals surface area (Å²) in [5.41, 5.74) is 5.61. The Balaban J connectivity index is 1.88. The van der Waals surface area contributed by atoms with E-state index in [1.54, 1.807) is 12.1 Å². The fourth-order valence-electron chi connectivity index (χ4n) is 2.81. The van der Waals surface area contributed by atoms with Crippen LogP contribution < -0.4 is 11.4 Å². The number of hydrogen-bond acceptors (Lipinski definition) is 5. The van der Waals surface area contributed by atoms with Crippen LogP contribution in [0, 0.1) is 6.07 Å². The number of ether oxygens (including phenoxy) is 1. The van der Waals surface area contributed by atoms with E-state index in [2.05, 4.69) is 11.1 Å². The average molecular weight is 318 g/mol. The summed E-state index contributed by atoms with van der Waals surface area (Å²) in [5, 5.41) is 10.2. The topological polar surface area (TPSA) is 90.4 Å². The van der Waals surface area contributed by atoms with Crippen molar-refractivity contribution in [2.45, 2.75) is 37.4 Å². The van der Waals surface area contributed by atoms with E-state index in [0.29, 0.717) is 0 Å². The third kappa shape index (κ3) is 2.85. The van der Waals surface area contributed by atoms with Crippen LogP contribution in [0.4, 0.5) is 10.2 Å². The Kier molecular flexibility index (Phi) is 4.14. The monoisotopic (exact) mass is 318 g/mol. The standard InChI is InChI=1S/C16H17FN3O3/c1-9(10-5-3-2-4-6-10)14-13(21)12(17)15(23-14)20-8-7-11(18)19-16(20)22/h3-9,12-15,21H,1H3,(H2,18,19,22)/t9-,12-,13+,14+,15-/m1/s1. The highest BCUT2D eigenvalue weighted by Gasteiger charge is 2.47. The van der Waals surface area contributed by atoms with Gasteiger partial charge in [0, 0.05) is 12.1 Å². The van der Waals surface area contributed by atoms with Crippen LogP contribution in [0.3, 0.4) is 0 Å². The number of halogens is 1. The molecule has 1 aromatic carbocycles. The number of hydrogen-bond donors (Lipinski definition) is 2. The molecule has 0 spiro atoms. The second kappa shape index (κ2) is 6.10. The Bertz CT molecular complexity index is 737. The maximum Gasteiger partial charge on any atom is 0.351 e. The molecule has 7 heteroatoms. The Labute approximate surface area is 132 Å². The molecule has 2 aromatic rings. The van der Waals surface area contributed by atoms with Gasteiger partial charge in [0.05, 0.1) is 6.10 Å². The summed E-state index contributed by atoms with van der Waals surface area (Å²) in [6.45, 7) is 1.84. The van der Waals surface area contributed by atoms with Crippen LogP contribution in [-0.4, -0.2) is 33.0 Å². The van der Waals surface area contributed by atoms with E-state index < -0.39 is 30.3 Å². The van der Waals surface area contributed by atoms with Crippen LogP contribution >= 0.6 is 0 Å². The summed E-state index contributed by atoms with van der Waals surface area (Å²) in [6.07, 6.45) is -3.77. The number of alkyl halides is 1. The first-order chi connectivity index (χ1) is 11.0. The van der Waals surface area contributed by atoms with Gasteiger partial charge in [0.2, 0.25) is 0 Å². The molecule has 0 amide bonds. The summed E-state index contributed by atoms with van der Waals surface area (Å²) < 4.78 is 21.1. The van der Waals surface area contributed by atoms with Gasteiger partial charge < -0.3 is 15.6 Å². The third-order valence-corrected chi connectivity index (χ3v) is 4.12. The lowest BCUT2D eigenvalue weighted by Crippen LogP contribution is -2.33. The molecule has 1 aliphatic rings. The van der Waals surface area contributed by atoms with E-state index in [0.717, 1.165) is 10.1 Å². The minimum Gasteiger partial charge on any atom is -0.387 e. The predicted molar refractivity (Wildman–Crippen MR) is 81.4 cm³/mol. The van der Waals surface area contributed by atoms with Crippen molar-refractivity contribution in [3.63, 3.8) is 0 Å². The van der Waals surface area contributed by atoms with Crippen molar-refractivity contribution in [2.24, 2.45) is 0 Å². The van der Waals surface area contributed by atoms with Crippen molar-refractivity contribution in [1.29, 1.82) is 0 Å². The molecule has 121 valence electrons. The summed E-state index contributed by atoms with van der Waals surface area (Å²) in [5.74, 6) is -0.203. The van der Waals surface area contributed by atoms with Crippen molar-refractivity contribution in [1.82, 2.24) is 9.55 Å². The summed E-state index contributed by atoms with van der Waals surface area (Å²) >= 11 is 0. The molecule has 3 N–H and O–H groups in total. The SMILES string of the molecule is C[C@H](c1cc[c]cc1)[C@@H]1O[C@@H](n2ccc(N)nc2=O)[C@H](F)[C@@H]1O. The number of benzene rings is 1. The number of anilines is 1. The molecule has 2 heterocycles. The van der Waals surface area contributed by atoms with Gasteiger partial charge in [-0.1, -0.05) is 31.2 Å². The van der Waals surface area contributed by atoms with E-state index in [1.807, 2.05) is 19.1 Å². The van der Waals surface area contributed by atoms with Gasteiger partial charge >= 0.3 is 5.69 Å². The maximum absolute atomic E-state index is 14.5. The van der Waals surface area contributed by atoms with Crippen LogP contribution in [0.1, 0.15) is 24.6 Å². The highest BCUT2D eigenvalue weighted by molar-refractivity contribution is 5.24. The van der Waals surface area contributed by atoms with Crippen LogP contribution in [-0.2, 0) is 4.74 Å². The van der Waals surface area contributed by atoms with Gasteiger partial charge in [-0.05, 0) is 17.7 Å². The average Bonchev–Trinajstić information content (AvgIpc) is 2.84. The maximum atomic E-state index is 14.5. The Hall–Kier alpha value is -2.25. The fourth-order valence-corrected chi connectivity index (χ4v) is 2.81. The van der Waals surface area contributed by atoms with Crippen LogP contribution in [0.2, 0.25) is 0 Å². The zero-order valence-corrected chi connectivity index (χ0v) is 12.5. The highest BCUT2D eigenvalue weighted by Crippen LogP contribution is 2.37. The predicted octanol–water partition coefficient (Wildman–Crippen LogP) is 1.03. The van der Waals surface area contributed by atoms with Gasteiger partial charge in [-0.2, -0.15) is 4.98 Å². The van der Waals surface area contributed by atoms with E-state index in [4.69, 9.17) is 10.5 Å². The molecule has 1 fully saturated rings. The molecule has 0 saturated carbocycles. The lowest BCUT2D eigenvalue weighted by Gasteiger charge is -2.22. The zero-order valence-electron chi connectivity index (χ0n) is 12.5. The third-order valence-electron chi connectivity index (χ3n) is 4.12.